The van der Waals surface area contributed by atoms with E-state index in [4.69, 9.17) is 9.16 Å². The Morgan fingerprint density at radius 2 is 2.13 bits per heavy atom. The molecule has 1 N–H and O–H groups in total. The highest BCUT2D eigenvalue weighted by atomic mass is 32.2. The van der Waals surface area contributed by atoms with Crippen LogP contribution in [-0.4, -0.2) is 35.7 Å². The van der Waals surface area contributed by atoms with E-state index in [2.05, 4.69) is 33.9 Å². The highest BCUT2D eigenvalue weighted by Gasteiger charge is 2.39. The molecule has 2 heterocycles. The van der Waals surface area contributed by atoms with E-state index in [1.165, 1.54) is 11.8 Å². The number of hydrogen-bond acceptors (Lipinski definition) is 5. The maximum absolute atomic E-state index is 13.4. The Morgan fingerprint density at radius 3 is 2.74 bits per heavy atom. The van der Waals surface area contributed by atoms with Crippen LogP contribution in [0.1, 0.15) is 27.0 Å². The first-order valence-electron chi connectivity index (χ1n) is 7.43. The Labute approximate surface area is 139 Å². The molecule has 1 aliphatic heterocycles. The van der Waals surface area contributed by atoms with Gasteiger partial charge in [-0.1, -0.05) is 20.8 Å². The molecule has 1 saturated heterocycles. The molecule has 0 radical (unpaired) electrons. The Kier molecular flexibility index (Phi) is 5.24. The monoisotopic (exact) mass is 365 g/mol. The molecular formula is C14H23FN2O4SSi. The lowest BCUT2D eigenvalue weighted by atomic mass is 10.2. The van der Waals surface area contributed by atoms with Crippen molar-refractivity contribution in [3.05, 3.63) is 32.9 Å². The smallest absolute Gasteiger partial charge is 0.330 e. The molecule has 0 saturated carbocycles. The molecule has 1 aromatic rings. The largest absolute Gasteiger partial charge is 0.413 e. The van der Waals surface area contributed by atoms with Crippen LogP contribution in [0.5, 0.6) is 0 Å². The fourth-order valence-electron chi connectivity index (χ4n) is 1.84. The van der Waals surface area contributed by atoms with E-state index in [9.17, 15) is 14.0 Å². The number of hydrogen-bond donors (Lipinski definition) is 1. The van der Waals surface area contributed by atoms with Gasteiger partial charge < -0.3 is 9.16 Å². The highest BCUT2D eigenvalue weighted by Crippen LogP contribution is 2.38. The van der Waals surface area contributed by atoms with Crippen molar-refractivity contribution in [1.82, 2.24) is 9.55 Å². The third kappa shape index (κ3) is 4.14. The van der Waals surface area contributed by atoms with Gasteiger partial charge in [-0.05, 0) is 18.1 Å². The summed E-state index contributed by atoms with van der Waals surface area (Å²) < 4.78 is 26.3. The number of aromatic amines is 1. The second kappa shape index (κ2) is 6.54. The predicted molar refractivity (Wildman–Crippen MR) is 90.8 cm³/mol. The third-order valence-electron chi connectivity index (χ3n) is 4.35. The molecular weight excluding hydrogens is 342 g/mol. The maximum Gasteiger partial charge on any atom is 0.330 e. The topological polar surface area (TPSA) is 73.3 Å². The van der Waals surface area contributed by atoms with Crippen LogP contribution in [-0.2, 0) is 9.16 Å². The summed E-state index contributed by atoms with van der Waals surface area (Å²) in [5.41, 5.74) is -1.90. The molecule has 23 heavy (non-hydrogen) atoms. The minimum atomic E-state index is -1.87. The molecule has 0 aliphatic carbocycles. The van der Waals surface area contributed by atoms with Crippen molar-refractivity contribution in [2.24, 2.45) is 0 Å². The number of H-pyrrole nitrogens is 1. The second-order valence-corrected chi connectivity index (χ2v) is 13.1. The highest BCUT2D eigenvalue weighted by molar-refractivity contribution is 8.00. The van der Waals surface area contributed by atoms with E-state index >= 15 is 0 Å². The van der Waals surface area contributed by atoms with Crippen molar-refractivity contribution < 1.29 is 13.6 Å². The molecule has 0 amide bonds. The number of rotatable bonds is 4. The summed E-state index contributed by atoms with van der Waals surface area (Å²) in [4.78, 5) is 24.8. The van der Waals surface area contributed by atoms with Crippen LogP contribution in [0.2, 0.25) is 18.1 Å². The second-order valence-electron chi connectivity index (χ2n) is 7.07. The van der Waals surface area contributed by atoms with Crippen LogP contribution in [0.15, 0.2) is 15.8 Å². The molecule has 0 spiro atoms. The molecule has 0 aromatic carbocycles. The number of nitrogens with one attached hydrogen (secondary N) is 1. The van der Waals surface area contributed by atoms with Gasteiger partial charge in [0.15, 0.2) is 8.32 Å². The normalized spacial score (nSPS) is 22.5. The van der Waals surface area contributed by atoms with Crippen molar-refractivity contribution in [2.75, 3.05) is 12.4 Å². The van der Waals surface area contributed by atoms with Crippen molar-refractivity contribution in [1.29, 1.82) is 0 Å². The Balaban J connectivity index is 2.01. The number of halogens is 1. The van der Waals surface area contributed by atoms with E-state index in [-0.39, 0.29) is 10.5 Å². The number of ether oxygens (including phenoxy) is 1. The van der Waals surface area contributed by atoms with Crippen LogP contribution < -0.4 is 11.2 Å². The summed E-state index contributed by atoms with van der Waals surface area (Å²) >= 11 is 1.52. The lowest BCUT2D eigenvalue weighted by molar-refractivity contribution is -0.00476. The fraction of sp³-hybridized carbons (Fsp3) is 0.714. The van der Waals surface area contributed by atoms with E-state index in [0.29, 0.717) is 12.4 Å². The van der Waals surface area contributed by atoms with Crippen molar-refractivity contribution in [2.45, 2.75) is 50.6 Å². The standard InChI is InChI=1S/C14H23FN2O4SSi/c1-14(2,3)23(4,5)20-7-11-21-10(8-22-11)17-6-9(15)12(18)16-13(17)19/h6,10-11H,7-8H2,1-5H3,(H,16,18,19)/t10-,11+/m0/s1/i13+1,16+1,17+1. The average Bonchev–Trinajstić information content (AvgIpc) is 2.88. The van der Waals surface area contributed by atoms with Crippen LogP contribution >= 0.6 is 11.8 Å². The lowest BCUT2D eigenvalue weighted by Gasteiger charge is -2.36. The van der Waals surface area contributed by atoms with Crippen LogP contribution in [0.3, 0.4) is 0 Å². The van der Waals surface area contributed by atoms with Gasteiger partial charge in [0.2, 0.25) is 5.82 Å². The Morgan fingerprint density at radius 1 is 1.48 bits per heavy atom. The van der Waals surface area contributed by atoms with Crippen LogP contribution in [0, 0.1) is 5.82 Å². The number of thioether (sulfide) groups is 1. The number of aromatic nitrogens is 2. The molecule has 6 nitrogen and oxygen atoms in total. The molecule has 1 aromatic heterocycles. The first-order valence-corrected chi connectivity index (χ1v) is 11.4. The van der Waals surface area contributed by atoms with Crippen LogP contribution in [0.4, 0.5) is 4.39 Å². The molecule has 0 bridgehead atoms. The molecule has 130 valence electrons. The Bertz CT molecular complexity index is 683. The summed E-state index contributed by atoms with van der Waals surface area (Å²) in [6.07, 6.45) is 0.288. The van der Waals surface area contributed by atoms with Gasteiger partial charge in [0.25, 0.3) is 5.56 Å². The maximum atomic E-state index is 13.4. The number of nitrogens with zero attached hydrogens (tertiary/aromatic N) is 1. The molecule has 2 atom stereocenters. The van der Waals surface area contributed by atoms with Gasteiger partial charge in [-0.25, -0.2) is 4.79 Å². The summed E-state index contributed by atoms with van der Waals surface area (Å²) in [5, 5.41) is 0.106. The van der Waals surface area contributed by atoms with Gasteiger partial charge in [0.1, 0.15) is 11.7 Å². The van der Waals surface area contributed by atoms with Crippen molar-refractivity contribution >= 4 is 20.1 Å². The van der Waals surface area contributed by atoms with Gasteiger partial charge in [0.05, 0.1) is 12.8 Å². The van der Waals surface area contributed by atoms with E-state index < -0.39 is 31.6 Å². The molecule has 2 rings (SSSR count). The third-order valence-corrected chi connectivity index (χ3v) is 9.95. The first-order chi connectivity index (χ1) is 10.5. The lowest BCUT2D eigenvalue weighted by Crippen LogP contribution is -2.42. The minimum Gasteiger partial charge on any atom is -0.413 e. The van der Waals surface area contributed by atoms with Crippen LogP contribution in [0.25, 0.3) is 0 Å². The predicted octanol–water partition coefficient (Wildman–Crippen LogP) is 2.29. The van der Waals surface area contributed by atoms with Gasteiger partial charge in [-0.3, -0.25) is 14.3 Å². The van der Waals surface area contributed by atoms with E-state index in [0.717, 1.165) is 10.8 Å². The van der Waals surface area contributed by atoms with Crippen molar-refractivity contribution in [3.63, 3.8) is 0 Å². The summed E-state index contributed by atoms with van der Waals surface area (Å²) in [5.74, 6) is -0.504. The van der Waals surface area contributed by atoms with E-state index in [1.807, 2.05) is 4.98 Å². The van der Waals surface area contributed by atoms with Crippen molar-refractivity contribution in [3.8, 4) is 0 Å². The van der Waals surface area contributed by atoms with Gasteiger partial charge in [-0.15, -0.1) is 11.8 Å². The zero-order chi connectivity index (χ0) is 17.4. The first kappa shape index (κ1) is 18.4. The van der Waals surface area contributed by atoms with Gasteiger partial charge in [-0.2, -0.15) is 4.39 Å². The fourth-order valence-corrected chi connectivity index (χ4v) is 3.96. The Hall–Kier alpha value is -0.903. The quantitative estimate of drug-likeness (QED) is 0.829. The summed E-state index contributed by atoms with van der Waals surface area (Å²) in [6, 6.07) is 0. The molecule has 9 heteroatoms. The zero-order valence-corrected chi connectivity index (χ0v) is 15.8. The molecule has 1 aliphatic rings. The summed E-state index contributed by atoms with van der Waals surface area (Å²) in [6.45, 7) is 11.2. The minimum absolute atomic E-state index is 0.106. The SMILES string of the molecule is CC(C)(C)[Si](C)(C)OC[C@@H]1O[C@H]([15n]2cc(F)c(=O)[15nH][13c]2=O)CS1. The van der Waals surface area contributed by atoms with Gasteiger partial charge in [0, 0.05) is 5.75 Å². The molecule has 0 unspecified atom stereocenters. The van der Waals surface area contributed by atoms with E-state index in [1.54, 1.807) is 0 Å². The van der Waals surface area contributed by atoms with Gasteiger partial charge >= 0.3 is 5.69 Å². The zero-order valence-electron chi connectivity index (χ0n) is 14.0. The molecule has 1 fully saturated rings. The average molecular weight is 365 g/mol. The summed E-state index contributed by atoms with van der Waals surface area (Å²) in [7, 11) is -1.87.